The zero-order valence-electron chi connectivity index (χ0n) is 11.8. The molecule has 6 heteroatoms. The molecule has 1 saturated carbocycles. The molecule has 2 unspecified atom stereocenters. The van der Waals surface area contributed by atoms with E-state index < -0.39 is 17.8 Å². The zero-order valence-corrected chi connectivity index (χ0v) is 11.8. The van der Waals surface area contributed by atoms with Gasteiger partial charge in [-0.1, -0.05) is 6.92 Å². The molecule has 1 heterocycles. The Kier molecular flexibility index (Phi) is 4.42. The number of rotatable bonds is 5. The van der Waals surface area contributed by atoms with Crippen LogP contribution in [0.2, 0.25) is 0 Å². The smallest absolute Gasteiger partial charge is 0.307 e. The van der Waals surface area contributed by atoms with Gasteiger partial charge in [0.2, 0.25) is 5.91 Å². The van der Waals surface area contributed by atoms with Crippen molar-refractivity contribution in [2.24, 2.45) is 17.8 Å². The summed E-state index contributed by atoms with van der Waals surface area (Å²) in [6.07, 6.45) is 6.46. The third kappa shape index (κ3) is 3.37. The van der Waals surface area contributed by atoms with Gasteiger partial charge in [-0.3, -0.25) is 9.59 Å². The second-order valence-electron chi connectivity index (χ2n) is 5.80. The molecule has 6 nitrogen and oxygen atoms in total. The van der Waals surface area contributed by atoms with Crippen molar-refractivity contribution >= 4 is 11.9 Å². The normalized spacial score (nSPS) is 27.2. The van der Waals surface area contributed by atoms with Crippen LogP contribution in [0.1, 0.15) is 26.7 Å². The quantitative estimate of drug-likeness (QED) is 0.846. The van der Waals surface area contributed by atoms with Crippen molar-refractivity contribution in [3.8, 4) is 0 Å². The van der Waals surface area contributed by atoms with Crippen LogP contribution in [0, 0.1) is 17.8 Å². The van der Waals surface area contributed by atoms with Gasteiger partial charge in [0.25, 0.3) is 0 Å². The predicted molar refractivity (Wildman–Crippen MR) is 72.8 cm³/mol. The summed E-state index contributed by atoms with van der Waals surface area (Å²) < 4.78 is 1.89. The van der Waals surface area contributed by atoms with Gasteiger partial charge in [0.15, 0.2) is 0 Å². The van der Waals surface area contributed by atoms with Crippen LogP contribution in [0.5, 0.6) is 0 Å². The highest BCUT2D eigenvalue weighted by molar-refractivity contribution is 5.85. The molecule has 0 aromatic carbocycles. The maximum Gasteiger partial charge on any atom is 0.307 e. The third-order valence-corrected chi connectivity index (χ3v) is 3.88. The van der Waals surface area contributed by atoms with Gasteiger partial charge in [-0.05, 0) is 25.7 Å². The monoisotopic (exact) mass is 279 g/mol. The standard InChI is InChI=1S/C14H21N3O3/c1-9-5-11(12(6-9)14(19)20)13(18)16-10(2)7-17-4-3-15-8-17/h3-4,8-12H,5-7H2,1-2H3,(H,16,18)(H,19,20)/t9?,10?,11-,12+/m0/s1. The largest absolute Gasteiger partial charge is 0.481 e. The molecule has 1 aromatic heterocycles. The topological polar surface area (TPSA) is 84.2 Å². The van der Waals surface area contributed by atoms with Gasteiger partial charge < -0.3 is 15.0 Å². The number of amides is 1. The summed E-state index contributed by atoms with van der Waals surface area (Å²) in [6.45, 7) is 4.54. The van der Waals surface area contributed by atoms with Gasteiger partial charge in [0, 0.05) is 25.0 Å². The fraction of sp³-hybridized carbons (Fsp3) is 0.643. The Hall–Kier alpha value is -1.85. The lowest BCUT2D eigenvalue weighted by atomic mass is 9.95. The minimum atomic E-state index is -0.864. The van der Waals surface area contributed by atoms with E-state index in [1.807, 2.05) is 24.6 Å². The number of carbonyl (C=O) groups is 2. The number of imidazole rings is 1. The molecule has 4 atom stereocenters. The van der Waals surface area contributed by atoms with Crippen LogP contribution >= 0.6 is 0 Å². The van der Waals surface area contributed by atoms with Crippen molar-refractivity contribution in [1.29, 1.82) is 0 Å². The van der Waals surface area contributed by atoms with E-state index in [0.717, 1.165) is 0 Å². The van der Waals surface area contributed by atoms with E-state index >= 15 is 0 Å². The molecular formula is C14H21N3O3. The predicted octanol–water partition coefficient (Wildman–Crippen LogP) is 1.13. The molecule has 1 fully saturated rings. The van der Waals surface area contributed by atoms with E-state index in [4.69, 9.17) is 0 Å². The van der Waals surface area contributed by atoms with Gasteiger partial charge in [-0.2, -0.15) is 0 Å². The fourth-order valence-electron chi connectivity index (χ4n) is 2.96. The third-order valence-electron chi connectivity index (χ3n) is 3.88. The molecule has 1 amide bonds. The van der Waals surface area contributed by atoms with Gasteiger partial charge in [-0.25, -0.2) is 4.98 Å². The maximum absolute atomic E-state index is 12.2. The Morgan fingerprint density at radius 3 is 2.75 bits per heavy atom. The Morgan fingerprint density at radius 1 is 1.45 bits per heavy atom. The summed E-state index contributed by atoms with van der Waals surface area (Å²) >= 11 is 0. The molecule has 1 aliphatic rings. The summed E-state index contributed by atoms with van der Waals surface area (Å²) in [7, 11) is 0. The summed E-state index contributed by atoms with van der Waals surface area (Å²) in [5.41, 5.74) is 0. The van der Waals surface area contributed by atoms with Crippen molar-refractivity contribution in [2.45, 2.75) is 39.3 Å². The first kappa shape index (κ1) is 14.6. The molecule has 0 spiro atoms. The lowest BCUT2D eigenvalue weighted by molar-refractivity contribution is -0.146. The van der Waals surface area contributed by atoms with Crippen LogP contribution in [0.3, 0.4) is 0 Å². The molecule has 2 rings (SSSR count). The van der Waals surface area contributed by atoms with Crippen molar-refractivity contribution in [1.82, 2.24) is 14.9 Å². The van der Waals surface area contributed by atoms with Gasteiger partial charge in [0.1, 0.15) is 0 Å². The lowest BCUT2D eigenvalue weighted by Gasteiger charge is -2.20. The number of hydrogen-bond donors (Lipinski definition) is 2. The molecular weight excluding hydrogens is 258 g/mol. The van der Waals surface area contributed by atoms with Crippen molar-refractivity contribution in [3.63, 3.8) is 0 Å². The highest BCUT2D eigenvalue weighted by Gasteiger charge is 2.41. The molecule has 1 aromatic rings. The number of aromatic nitrogens is 2. The number of aliphatic carboxylic acids is 1. The molecule has 0 bridgehead atoms. The first-order valence-corrected chi connectivity index (χ1v) is 6.96. The Labute approximate surface area is 118 Å². The van der Waals surface area contributed by atoms with Crippen molar-refractivity contribution < 1.29 is 14.7 Å². The van der Waals surface area contributed by atoms with E-state index in [-0.39, 0.29) is 17.9 Å². The van der Waals surface area contributed by atoms with Crippen LogP contribution in [0.4, 0.5) is 0 Å². The first-order chi connectivity index (χ1) is 9.47. The summed E-state index contributed by atoms with van der Waals surface area (Å²) in [6, 6.07) is -0.0537. The van der Waals surface area contributed by atoms with Gasteiger partial charge in [-0.15, -0.1) is 0 Å². The van der Waals surface area contributed by atoms with E-state index in [1.165, 1.54) is 0 Å². The number of carboxylic acids is 1. The van der Waals surface area contributed by atoms with Crippen molar-refractivity contribution in [2.75, 3.05) is 0 Å². The van der Waals surface area contributed by atoms with Gasteiger partial charge >= 0.3 is 5.97 Å². The maximum atomic E-state index is 12.2. The summed E-state index contributed by atoms with van der Waals surface area (Å²) in [4.78, 5) is 27.4. The second kappa shape index (κ2) is 6.07. The average Bonchev–Trinajstić information content (AvgIpc) is 2.97. The molecule has 0 aliphatic heterocycles. The number of nitrogens with zero attached hydrogens (tertiary/aromatic N) is 2. The number of carbonyl (C=O) groups excluding carboxylic acids is 1. The molecule has 2 N–H and O–H groups in total. The molecule has 20 heavy (non-hydrogen) atoms. The van der Waals surface area contributed by atoms with E-state index in [0.29, 0.717) is 19.4 Å². The van der Waals surface area contributed by atoms with E-state index in [1.54, 1.807) is 12.5 Å². The van der Waals surface area contributed by atoms with Crippen LogP contribution in [-0.4, -0.2) is 32.6 Å². The highest BCUT2D eigenvalue weighted by atomic mass is 16.4. The number of hydrogen-bond acceptors (Lipinski definition) is 3. The first-order valence-electron chi connectivity index (χ1n) is 6.96. The average molecular weight is 279 g/mol. The molecule has 0 saturated heterocycles. The van der Waals surface area contributed by atoms with Crippen LogP contribution in [0.15, 0.2) is 18.7 Å². The minimum absolute atomic E-state index is 0.0537. The van der Waals surface area contributed by atoms with Crippen LogP contribution < -0.4 is 5.32 Å². The molecule has 110 valence electrons. The molecule has 0 radical (unpaired) electrons. The highest BCUT2D eigenvalue weighted by Crippen LogP contribution is 2.36. The van der Waals surface area contributed by atoms with Crippen molar-refractivity contribution in [3.05, 3.63) is 18.7 Å². The van der Waals surface area contributed by atoms with E-state index in [2.05, 4.69) is 10.3 Å². The number of nitrogens with one attached hydrogen (secondary N) is 1. The van der Waals surface area contributed by atoms with Gasteiger partial charge in [0.05, 0.1) is 18.2 Å². The minimum Gasteiger partial charge on any atom is -0.481 e. The summed E-state index contributed by atoms with van der Waals surface area (Å²) in [5.74, 6) is -1.68. The SMILES string of the molecule is CC1C[C@H](C(=O)NC(C)Cn2ccnc2)[C@H](C(=O)O)C1. The molecule has 1 aliphatic carbocycles. The van der Waals surface area contributed by atoms with E-state index in [9.17, 15) is 14.7 Å². The second-order valence-corrected chi connectivity index (χ2v) is 5.80. The van der Waals surface area contributed by atoms with Crippen LogP contribution in [-0.2, 0) is 16.1 Å². The summed E-state index contributed by atoms with van der Waals surface area (Å²) in [5, 5.41) is 12.1. The zero-order chi connectivity index (χ0) is 14.7. The number of carboxylic acid groups (broad SMARTS) is 1. The lowest BCUT2D eigenvalue weighted by Crippen LogP contribution is -2.41. The fourth-order valence-corrected chi connectivity index (χ4v) is 2.96. The van der Waals surface area contributed by atoms with Crippen LogP contribution in [0.25, 0.3) is 0 Å². The Bertz CT molecular complexity index is 472. The Morgan fingerprint density at radius 2 is 2.15 bits per heavy atom. The Balaban J connectivity index is 1.92.